The Hall–Kier alpha value is -0.130. The molecule has 0 spiro atoms. The first-order valence-electron chi connectivity index (χ1n) is 7.88. The molecule has 1 aliphatic rings. The van der Waals surface area contributed by atoms with E-state index in [-0.39, 0.29) is 11.1 Å². The Bertz CT molecular complexity index is 404. The second-order valence-corrected chi connectivity index (χ2v) is 8.86. The van der Waals surface area contributed by atoms with Gasteiger partial charge in [0.1, 0.15) is 9.84 Å². The molecule has 1 fully saturated rings. The van der Waals surface area contributed by atoms with Crippen LogP contribution in [-0.4, -0.2) is 56.0 Å². The van der Waals surface area contributed by atoms with Crippen LogP contribution in [0.2, 0.25) is 0 Å². The molecule has 1 saturated heterocycles. The molecule has 1 rings (SSSR count). The maximum absolute atomic E-state index is 11.3. The molecular weight excluding hydrogens is 272 g/mol. The van der Waals surface area contributed by atoms with Crippen LogP contribution >= 0.6 is 0 Å². The molecule has 0 saturated carbocycles. The number of nitrogens with one attached hydrogen (secondary N) is 1. The summed E-state index contributed by atoms with van der Waals surface area (Å²) in [6.45, 7) is 11.9. The van der Waals surface area contributed by atoms with Crippen LogP contribution in [0.3, 0.4) is 0 Å². The van der Waals surface area contributed by atoms with Gasteiger partial charge in [0.2, 0.25) is 0 Å². The molecule has 0 bridgehead atoms. The Morgan fingerprint density at radius 3 is 2.20 bits per heavy atom. The molecule has 0 amide bonds. The van der Waals surface area contributed by atoms with Gasteiger partial charge in [0.05, 0.1) is 5.75 Å². The number of hydrogen-bond donors (Lipinski definition) is 1. The highest BCUT2D eigenvalue weighted by Crippen LogP contribution is 2.30. The Labute approximate surface area is 125 Å². The van der Waals surface area contributed by atoms with Gasteiger partial charge in [-0.3, -0.25) is 4.90 Å². The van der Waals surface area contributed by atoms with Crippen molar-refractivity contribution in [1.29, 1.82) is 0 Å². The Morgan fingerprint density at radius 2 is 1.75 bits per heavy atom. The lowest BCUT2D eigenvalue weighted by atomic mass is 9.83. The maximum atomic E-state index is 11.3. The predicted molar refractivity (Wildman–Crippen MR) is 85.9 cm³/mol. The lowest BCUT2D eigenvalue weighted by Crippen LogP contribution is -2.68. The molecule has 0 aromatic rings. The molecule has 1 atom stereocenters. The first kappa shape index (κ1) is 17.9. The standard InChI is InChI=1S/C15H32N2O2S/c1-6-14(4)12-16-15(7-2,8-3)13-17(14)10-9-11-20(5,18)19/h16H,6-13H2,1-5H3. The summed E-state index contributed by atoms with van der Waals surface area (Å²) < 4.78 is 22.6. The van der Waals surface area contributed by atoms with Crippen molar-refractivity contribution in [2.75, 3.05) is 31.6 Å². The van der Waals surface area contributed by atoms with Gasteiger partial charge < -0.3 is 5.32 Å². The Kier molecular flexibility index (Phi) is 6.05. The van der Waals surface area contributed by atoms with E-state index in [0.717, 1.165) is 45.3 Å². The average molecular weight is 305 g/mol. The van der Waals surface area contributed by atoms with E-state index < -0.39 is 9.84 Å². The highest BCUT2D eigenvalue weighted by atomic mass is 32.2. The van der Waals surface area contributed by atoms with Gasteiger partial charge in [0, 0.05) is 30.4 Å². The van der Waals surface area contributed by atoms with E-state index in [9.17, 15) is 8.42 Å². The number of piperazine rings is 1. The summed E-state index contributed by atoms with van der Waals surface area (Å²) >= 11 is 0. The minimum absolute atomic E-state index is 0.144. The van der Waals surface area contributed by atoms with Gasteiger partial charge >= 0.3 is 0 Å². The molecule has 1 aliphatic heterocycles. The lowest BCUT2D eigenvalue weighted by Gasteiger charge is -2.53. The molecule has 1 heterocycles. The van der Waals surface area contributed by atoms with Crippen LogP contribution in [0.1, 0.15) is 53.4 Å². The third-order valence-corrected chi connectivity index (χ3v) is 6.19. The third-order valence-electron chi connectivity index (χ3n) is 5.16. The zero-order chi connectivity index (χ0) is 15.4. The van der Waals surface area contributed by atoms with Crippen LogP contribution in [0.15, 0.2) is 0 Å². The highest BCUT2D eigenvalue weighted by Gasteiger charge is 2.41. The summed E-state index contributed by atoms with van der Waals surface area (Å²) in [5, 5.41) is 3.75. The minimum Gasteiger partial charge on any atom is -0.308 e. The van der Waals surface area contributed by atoms with Crippen molar-refractivity contribution in [3.63, 3.8) is 0 Å². The average Bonchev–Trinajstić information content (AvgIpc) is 2.40. The monoisotopic (exact) mass is 304 g/mol. The Balaban J connectivity index is 2.74. The zero-order valence-corrected chi connectivity index (χ0v) is 14.6. The van der Waals surface area contributed by atoms with Crippen molar-refractivity contribution in [2.45, 2.75) is 64.5 Å². The quantitative estimate of drug-likeness (QED) is 0.782. The van der Waals surface area contributed by atoms with Gasteiger partial charge in [-0.05, 0) is 39.2 Å². The Morgan fingerprint density at radius 1 is 1.15 bits per heavy atom. The molecule has 4 nitrogen and oxygen atoms in total. The van der Waals surface area contributed by atoms with Crippen molar-refractivity contribution in [3.05, 3.63) is 0 Å². The topological polar surface area (TPSA) is 49.4 Å². The van der Waals surface area contributed by atoms with E-state index in [2.05, 4.69) is 37.9 Å². The molecule has 20 heavy (non-hydrogen) atoms. The van der Waals surface area contributed by atoms with E-state index >= 15 is 0 Å². The van der Waals surface area contributed by atoms with Gasteiger partial charge in [-0.2, -0.15) is 0 Å². The lowest BCUT2D eigenvalue weighted by molar-refractivity contribution is 0.00945. The summed E-state index contributed by atoms with van der Waals surface area (Å²) in [5.41, 5.74) is 0.338. The second-order valence-electron chi connectivity index (χ2n) is 6.60. The second kappa shape index (κ2) is 6.75. The minimum atomic E-state index is -2.85. The van der Waals surface area contributed by atoms with Crippen LogP contribution in [0.25, 0.3) is 0 Å². The van der Waals surface area contributed by atoms with Crippen molar-refractivity contribution in [3.8, 4) is 0 Å². The fourth-order valence-corrected chi connectivity index (χ4v) is 3.69. The first-order chi connectivity index (χ1) is 9.20. The molecule has 1 unspecified atom stereocenters. The van der Waals surface area contributed by atoms with E-state index in [1.807, 2.05) is 0 Å². The van der Waals surface area contributed by atoms with E-state index in [0.29, 0.717) is 5.75 Å². The van der Waals surface area contributed by atoms with Gasteiger partial charge in [0.25, 0.3) is 0 Å². The van der Waals surface area contributed by atoms with Crippen molar-refractivity contribution in [2.24, 2.45) is 0 Å². The molecular formula is C15H32N2O2S. The molecule has 1 N–H and O–H groups in total. The number of sulfone groups is 1. The highest BCUT2D eigenvalue weighted by molar-refractivity contribution is 7.90. The zero-order valence-electron chi connectivity index (χ0n) is 13.8. The van der Waals surface area contributed by atoms with E-state index in [4.69, 9.17) is 0 Å². The fraction of sp³-hybridized carbons (Fsp3) is 1.00. The largest absolute Gasteiger partial charge is 0.308 e. The van der Waals surface area contributed by atoms with Crippen LogP contribution < -0.4 is 5.32 Å². The molecule has 0 aromatic heterocycles. The number of rotatable bonds is 7. The normalized spacial score (nSPS) is 27.6. The summed E-state index contributed by atoms with van der Waals surface area (Å²) in [6.07, 6.45) is 5.38. The smallest absolute Gasteiger partial charge is 0.147 e. The molecule has 0 radical (unpaired) electrons. The number of hydrogen-bond acceptors (Lipinski definition) is 4. The fourth-order valence-electron chi connectivity index (χ4n) is 3.04. The molecule has 120 valence electrons. The first-order valence-corrected chi connectivity index (χ1v) is 9.94. The summed E-state index contributed by atoms with van der Waals surface area (Å²) in [6, 6.07) is 0. The van der Waals surface area contributed by atoms with E-state index in [1.54, 1.807) is 0 Å². The van der Waals surface area contributed by atoms with Gasteiger partial charge in [-0.25, -0.2) is 8.42 Å². The van der Waals surface area contributed by atoms with Crippen molar-refractivity contribution < 1.29 is 8.42 Å². The van der Waals surface area contributed by atoms with Crippen LogP contribution in [0.5, 0.6) is 0 Å². The van der Waals surface area contributed by atoms with Crippen LogP contribution in [0.4, 0.5) is 0 Å². The summed E-state index contributed by atoms with van der Waals surface area (Å²) in [7, 11) is -2.85. The predicted octanol–water partition coefficient (Wildman–Crippen LogP) is 2.05. The van der Waals surface area contributed by atoms with Gasteiger partial charge in [-0.1, -0.05) is 20.8 Å². The number of nitrogens with zero attached hydrogens (tertiary/aromatic N) is 1. The summed E-state index contributed by atoms with van der Waals surface area (Å²) in [4.78, 5) is 2.52. The third kappa shape index (κ3) is 4.43. The van der Waals surface area contributed by atoms with Gasteiger partial charge in [-0.15, -0.1) is 0 Å². The van der Waals surface area contributed by atoms with Crippen LogP contribution in [0, 0.1) is 0 Å². The molecule has 0 aromatic carbocycles. The van der Waals surface area contributed by atoms with Crippen molar-refractivity contribution >= 4 is 9.84 Å². The molecule has 0 aliphatic carbocycles. The molecule has 5 heteroatoms. The van der Waals surface area contributed by atoms with E-state index in [1.165, 1.54) is 6.26 Å². The maximum Gasteiger partial charge on any atom is 0.147 e. The van der Waals surface area contributed by atoms with Crippen LogP contribution in [-0.2, 0) is 9.84 Å². The van der Waals surface area contributed by atoms with Gasteiger partial charge in [0.15, 0.2) is 0 Å². The summed E-state index contributed by atoms with van der Waals surface area (Å²) in [5.74, 6) is 0.294. The SMILES string of the molecule is CCC1(CC)CN(CCCS(C)(=O)=O)C(C)(CC)CN1. The van der Waals surface area contributed by atoms with Crippen molar-refractivity contribution in [1.82, 2.24) is 10.2 Å².